The van der Waals surface area contributed by atoms with Crippen LogP contribution in [0, 0.1) is 5.41 Å². The second-order valence-electron chi connectivity index (χ2n) is 4.25. The first-order valence-corrected chi connectivity index (χ1v) is 5.56. The molecule has 1 fully saturated rings. The van der Waals surface area contributed by atoms with Crippen molar-refractivity contribution in [3.63, 3.8) is 0 Å². The summed E-state index contributed by atoms with van der Waals surface area (Å²) in [6.45, 7) is 0.456. The minimum atomic E-state index is -1.14. The van der Waals surface area contributed by atoms with E-state index in [1.165, 1.54) is 0 Å². The van der Waals surface area contributed by atoms with E-state index in [9.17, 15) is 9.59 Å². The van der Waals surface area contributed by atoms with Crippen molar-refractivity contribution in [2.75, 3.05) is 6.54 Å². The molecule has 1 saturated carbocycles. The molecule has 0 aliphatic heterocycles. The summed E-state index contributed by atoms with van der Waals surface area (Å²) in [6, 6.07) is 3.74. The van der Waals surface area contributed by atoms with Gasteiger partial charge in [-0.25, -0.2) is 0 Å². The highest BCUT2D eigenvalue weighted by atomic mass is 16.4. The van der Waals surface area contributed by atoms with Gasteiger partial charge in [-0.15, -0.1) is 0 Å². The maximum Gasteiger partial charge on any atom is 0.319 e. The molecule has 0 atom stereocenters. The number of amides is 1. The Morgan fingerprint density at radius 3 is 2.53 bits per heavy atom. The number of pyridine rings is 1. The van der Waals surface area contributed by atoms with Crippen LogP contribution in [0.1, 0.15) is 18.4 Å². The normalized spacial score (nSPS) is 16.2. The number of aromatic nitrogens is 1. The van der Waals surface area contributed by atoms with Crippen LogP contribution in [0.3, 0.4) is 0 Å². The Kier molecular flexibility index (Phi) is 3.08. The van der Waals surface area contributed by atoms with Crippen molar-refractivity contribution in [3.8, 4) is 0 Å². The third-order valence-corrected chi connectivity index (χ3v) is 3.04. The topological polar surface area (TPSA) is 79.3 Å². The van der Waals surface area contributed by atoms with Crippen LogP contribution in [-0.4, -0.2) is 28.5 Å². The quantitative estimate of drug-likeness (QED) is 0.731. The van der Waals surface area contributed by atoms with E-state index >= 15 is 0 Å². The summed E-state index contributed by atoms with van der Waals surface area (Å²) in [5, 5.41) is 11.6. The summed E-state index contributed by atoms with van der Waals surface area (Å²) in [5.41, 5.74) is -0.0708. The van der Waals surface area contributed by atoms with Gasteiger partial charge >= 0.3 is 5.97 Å². The Labute approximate surface area is 98.9 Å². The number of carbonyl (C=O) groups is 2. The van der Waals surface area contributed by atoms with Gasteiger partial charge in [-0.3, -0.25) is 14.6 Å². The molecule has 0 radical (unpaired) electrons. The van der Waals surface area contributed by atoms with E-state index in [1.54, 1.807) is 12.4 Å². The predicted octanol–water partition coefficient (Wildman–Crippen LogP) is 0.605. The van der Waals surface area contributed by atoms with Crippen molar-refractivity contribution in [1.82, 2.24) is 10.3 Å². The van der Waals surface area contributed by atoms with E-state index < -0.39 is 11.4 Å². The van der Waals surface area contributed by atoms with Gasteiger partial charge in [0.15, 0.2) is 0 Å². The maximum absolute atomic E-state index is 11.7. The fraction of sp³-hybridized carbons (Fsp3) is 0.417. The average molecular weight is 234 g/mol. The molecule has 0 aromatic carbocycles. The van der Waals surface area contributed by atoms with E-state index in [-0.39, 0.29) is 5.91 Å². The van der Waals surface area contributed by atoms with E-state index in [0.717, 1.165) is 5.56 Å². The van der Waals surface area contributed by atoms with Crippen molar-refractivity contribution in [3.05, 3.63) is 30.1 Å². The minimum absolute atomic E-state index is 0.362. The highest BCUT2D eigenvalue weighted by Crippen LogP contribution is 2.45. The number of carboxylic acid groups (broad SMARTS) is 1. The van der Waals surface area contributed by atoms with Crippen LogP contribution in [0.5, 0.6) is 0 Å². The Hall–Kier alpha value is -1.91. The van der Waals surface area contributed by atoms with Crippen LogP contribution in [0.25, 0.3) is 0 Å². The number of aliphatic carboxylic acids is 1. The zero-order chi connectivity index (χ0) is 12.3. The molecular weight excluding hydrogens is 220 g/mol. The molecule has 0 saturated heterocycles. The van der Waals surface area contributed by atoms with Crippen molar-refractivity contribution in [2.24, 2.45) is 5.41 Å². The van der Waals surface area contributed by atoms with Crippen LogP contribution < -0.4 is 5.32 Å². The molecule has 1 amide bonds. The summed E-state index contributed by atoms with van der Waals surface area (Å²) in [5.74, 6) is -1.38. The Bertz CT molecular complexity index is 427. The Morgan fingerprint density at radius 2 is 2.00 bits per heavy atom. The van der Waals surface area contributed by atoms with Gasteiger partial charge in [0.2, 0.25) is 5.91 Å². The number of nitrogens with one attached hydrogen (secondary N) is 1. The molecule has 1 aliphatic rings. The molecule has 0 unspecified atom stereocenters. The molecule has 5 heteroatoms. The fourth-order valence-corrected chi connectivity index (χ4v) is 1.70. The lowest BCUT2D eigenvalue weighted by Crippen LogP contribution is -2.37. The number of carboxylic acids is 1. The molecule has 1 aliphatic carbocycles. The number of hydrogen-bond donors (Lipinski definition) is 2. The fourth-order valence-electron chi connectivity index (χ4n) is 1.70. The van der Waals surface area contributed by atoms with Crippen LogP contribution in [-0.2, 0) is 16.0 Å². The predicted molar refractivity (Wildman–Crippen MR) is 60.3 cm³/mol. The van der Waals surface area contributed by atoms with E-state index in [0.29, 0.717) is 25.8 Å². The summed E-state index contributed by atoms with van der Waals surface area (Å²) in [7, 11) is 0. The lowest BCUT2D eigenvalue weighted by atomic mass is 10.1. The standard InChI is InChI=1S/C12H14N2O3/c15-10(12(4-5-12)11(16)17)14-8-3-9-1-6-13-7-2-9/h1-2,6-7H,3-5,8H2,(H,14,15)(H,16,17). The molecule has 1 heterocycles. The molecule has 0 bridgehead atoms. The van der Waals surface area contributed by atoms with Crippen LogP contribution in [0.15, 0.2) is 24.5 Å². The second kappa shape index (κ2) is 4.53. The van der Waals surface area contributed by atoms with Gasteiger partial charge in [0, 0.05) is 18.9 Å². The second-order valence-corrected chi connectivity index (χ2v) is 4.25. The van der Waals surface area contributed by atoms with Gasteiger partial charge in [-0.2, -0.15) is 0 Å². The van der Waals surface area contributed by atoms with Crippen molar-refractivity contribution in [2.45, 2.75) is 19.3 Å². The molecule has 90 valence electrons. The number of hydrogen-bond acceptors (Lipinski definition) is 3. The van der Waals surface area contributed by atoms with Gasteiger partial charge in [0.1, 0.15) is 5.41 Å². The van der Waals surface area contributed by atoms with Crippen LogP contribution in [0.2, 0.25) is 0 Å². The van der Waals surface area contributed by atoms with Gasteiger partial charge in [-0.1, -0.05) is 0 Å². The highest BCUT2D eigenvalue weighted by Gasteiger charge is 2.56. The molecule has 5 nitrogen and oxygen atoms in total. The molecule has 1 aromatic heterocycles. The molecule has 1 aromatic rings. The first-order chi connectivity index (χ1) is 8.15. The zero-order valence-corrected chi connectivity index (χ0v) is 9.35. The van der Waals surface area contributed by atoms with Crippen molar-refractivity contribution in [1.29, 1.82) is 0 Å². The first kappa shape index (κ1) is 11.6. The van der Waals surface area contributed by atoms with Crippen LogP contribution in [0.4, 0.5) is 0 Å². The number of nitrogens with zero attached hydrogens (tertiary/aromatic N) is 1. The molecular formula is C12H14N2O3. The maximum atomic E-state index is 11.7. The summed E-state index contributed by atoms with van der Waals surface area (Å²) in [6.07, 6.45) is 4.96. The van der Waals surface area contributed by atoms with Gasteiger partial charge in [-0.05, 0) is 37.0 Å². The Balaban J connectivity index is 1.80. The lowest BCUT2D eigenvalue weighted by molar-refractivity contribution is -0.149. The third-order valence-electron chi connectivity index (χ3n) is 3.04. The van der Waals surface area contributed by atoms with Gasteiger partial charge in [0.25, 0.3) is 0 Å². The SMILES string of the molecule is O=C(O)C1(C(=O)NCCc2ccncc2)CC1. The minimum Gasteiger partial charge on any atom is -0.480 e. The lowest BCUT2D eigenvalue weighted by Gasteiger charge is -2.10. The molecule has 2 rings (SSSR count). The first-order valence-electron chi connectivity index (χ1n) is 5.56. The smallest absolute Gasteiger partial charge is 0.319 e. The van der Waals surface area contributed by atoms with Gasteiger partial charge in [0.05, 0.1) is 0 Å². The Morgan fingerprint density at radius 1 is 1.35 bits per heavy atom. The van der Waals surface area contributed by atoms with E-state index in [4.69, 9.17) is 5.11 Å². The zero-order valence-electron chi connectivity index (χ0n) is 9.35. The molecule has 2 N–H and O–H groups in total. The molecule has 0 spiro atoms. The third kappa shape index (κ3) is 2.43. The summed E-state index contributed by atoms with van der Waals surface area (Å²) in [4.78, 5) is 26.4. The largest absolute Gasteiger partial charge is 0.480 e. The van der Waals surface area contributed by atoms with Crippen molar-refractivity contribution >= 4 is 11.9 Å². The van der Waals surface area contributed by atoms with Crippen molar-refractivity contribution < 1.29 is 14.7 Å². The van der Waals surface area contributed by atoms with Crippen LogP contribution >= 0.6 is 0 Å². The van der Waals surface area contributed by atoms with E-state index in [1.807, 2.05) is 12.1 Å². The average Bonchev–Trinajstić information content (AvgIpc) is 3.11. The monoisotopic (exact) mass is 234 g/mol. The highest BCUT2D eigenvalue weighted by molar-refractivity contribution is 6.04. The van der Waals surface area contributed by atoms with Gasteiger partial charge < -0.3 is 10.4 Å². The summed E-state index contributed by atoms with van der Waals surface area (Å²) >= 11 is 0. The number of rotatable bonds is 5. The molecule has 17 heavy (non-hydrogen) atoms. The summed E-state index contributed by atoms with van der Waals surface area (Å²) < 4.78 is 0. The number of carbonyl (C=O) groups excluding carboxylic acids is 1. The van der Waals surface area contributed by atoms with E-state index in [2.05, 4.69) is 10.3 Å².